The van der Waals surface area contributed by atoms with Gasteiger partial charge in [0.05, 0.1) is 11.4 Å². The van der Waals surface area contributed by atoms with E-state index in [2.05, 4.69) is 9.72 Å². The highest BCUT2D eigenvalue weighted by Crippen LogP contribution is 2.29. The Labute approximate surface area is 111 Å². The van der Waals surface area contributed by atoms with Crippen molar-refractivity contribution < 1.29 is 18.3 Å². The SMILES string of the molecule is O=C1CSc2nc(-c3ccc(OC(F)F)cc3)cn21. The summed E-state index contributed by atoms with van der Waals surface area (Å²) in [6.45, 7) is -2.84. The van der Waals surface area contributed by atoms with Gasteiger partial charge in [0.25, 0.3) is 0 Å². The smallest absolute Gasteiger partial charge is 0.387 e. The van der Waals surface area contributed by atoms with Gasteiger partial charge in [0.15, 0.2) is 5.16 Å². The summed E-state index contributed by atoms with van der Waals surface area (Å²) in [5.74, 6) is 0.497. The van der Waals surface area contributed by atoms with E-state index in [1.165, 1.54) is 28.5 Å². The zero-order valence-electron chi connectivity index (χ0n) is 9.55. The van der Waals surface area contributed by atoms with Crippen molar-refractivity contribution in [2.24, 2.45) is 0 Å². The molecular weight excluding hydrogens is 274 g/mol. The maximum Gasteiger partial charge on any atom is 0.387 e. The topological polar surface area (TPSA) is 44.1 Å². The molecule has 1 aromatic heterocycles. The zero-order valence-corrected chi connectivity index (χ0v) is 10.4. The first kappa shape index (κ1) is 12.2. The Kier molecular flexibility index (Phi) is 2.98. The van der Waals surface area contributed by atoms with Gasteiger partial charge in [-0.25, -0.2) is 4.98 Å². The van der Waals surface area contributed by atoms with Crippen LogP contribution in [-0.2, 0) is 0 Å². The molecule has 0 aliphatic carbocycles. The first-order valence-corrected chi connectivity index (χ1v) is 6.43. The summed E-state index contributed by atoms with van der Waals surface area (Å²) in [5, 5.41) is 0.660. The molecule has 1 aromatic carbocycles. The quantitative estimate of drug-likeness (QED) is 0.868. The number of hydrogen-bond acceptors (Lipinski definition) is 4. The molecule has 2 heterocycles. The van der Waals surface area contributed by atoms with Crippen molar-refractivity contribution in [3.05, 3.63) is 30.5 Å². The van der Waals surface area contributed by atoms with Gasteiger partial charge >= 0.3 is 6.61 Å². The Morgan fingerprint density at radius 1 is 1.32 bits per heavy atom. The molecule has 0 atom stereocenters. The predicted molar refractivity (Wildman–Crippen MR) is 65.6 cm³/mol. The lowest BCUT2D eigenvalue weighted by Gasteiger charge is -2.04. The van der Waals surface area contributed by atoms with E-state index < -0.39 is 6.61 Å². The minimum absolute atomic E-state index is 0.00333. The number of halogens is 2. The van der Waals surface area contributed by atoms with Gasteiger partial charge in [-0.05, 0) is 24.3 Å². The average Bonchev–Trinajstić information content (AvgIpc) is 2.92. The Bertz CT molecular complexity index is 625. The van der Waals surface area contributed by atoms with E-state index in [-0.39, 0.29) is 11.7 Å². The molecule has 2 aromatic rings. The molecule has 0 fully saturated rings. The molecule has 98 valence electrons. The number of thioether (sulfide) groups is 1. The molecular formula is C12H8F2N2O2S. The number of nitrogens with zero attached hydrogens (tertiary/aromatic N) is 2. The van der Waals surface area contributed by atoms with Crippen LogP contribution in [-0.4, -0.2) is 27.8 Å². The van der Waals surface area contributed by atoms with Gasteiger partial charge in [0, 0.05) is 11.8 Å². The average molecular weight is 282 g/mol. The number of rotatable bonds is 3. The summed E-state index contributed by atoms with van der Waals surface area (Å²) in [6, 6.07) is 6.15. The Hall–Kier alpha value is -1.89. The van der Waals surface area contributed by atoms with Crippen molar-refractivity contribution in [2.45, 2.75) is 11.8 Å². The van der Waals surface area contributed by atoms with Crippen LogP contribution in [0.2, 0.25) is 0 Å². The number of carbonyl (C=O) groups excluding carboxylic acids is 1. The molecule has 7 heteroatoms. The summed E-state index contributed by atoms with van der Waals surface area (Å²) in [4.78, 5) is 15.8. The molecule has 19 heavy (non-hydrogen) atoms. The monoisotopic (exact) mass is 282 g/mol. The van der Waals surface area contributed by atoms with Crippen LogP contribution in [0.5, 0.6) is 5.75 Å². The molecule has 1 aliphatic heterocycles. The minimum atomic E-state index is -2.84. The van der Waals surface area contributed by atoms with E-state index >= 15 is 0 Å². The molecule has 0 saturated carbocycles. The maximum absolute atomic E-state index is 12.0. The highest BCUT2D eigenvalue weighted by atomic mass is 32.2. The molecule has 0 saturated heterocycles. The summed E-state index contributed by atoms with van der Waals surface area (Å²) in [6.07, 6.45) is 1.65. The first-order chi connectivity index (χ1) is 9.13. The maximum atomic E-state index is 12.0. The van der Waals surface area contributed by atoms with Crippen LogP contribution >= 0.6 is 11.8 Å². The Balaban J connectivity index is 1.86. The molecule has 0 unspecified atom stereocenters. The minimum Gasteiger partial charge on any atom is -0.435 e. The number of alkyl halides is 2. The van der Waals surface area contributed by atoms with Crippen LogP contribution in [0.1, 0.15) is 4.79 Å². The van der Waals surface area contributed by atoms with Crippen molar-refractivity contribution in [2.75, 3.05) is 5.75 Å². The predicted octanol–water partition coefficient (Wildman–Crippen LogP) is 2.90. The summed E-state index contributed by atoms with van der Waals surface area (Å²) in [7, 11) is 0. The van der Waals surface area contributed by atoms with Crippen LogP contribution in [0.25, 0.3) is 11.3 Å². The molecule has 0 bridgehead atoms. The van der Waals surface area contributed by atoms with Crippen molar-refractivity contribution in [1.29, 1.82) is 0 Å². The van der Waals surface area contributed by atoms with Gasteiger partial charge in [-0.2, -0.15) is 8.78 Å². The second kappa shape index (κ2) is 4.65. The first-order valence-electron chi connectivity index (χ1n) is 5.44. The Morgan fingerprint density at radius 3 is 2.68 bits per heavy atom. The number of aromatic nitrogens is 2. The lowest BCUT2D eigenvalue weighted by atomic mass is 10.2. The van der Waals surface area contributed by atoms with Gasteiger partial charge in [-0.15, -0.1) is 0 Å². The van der Waals surface area contributed by atoms with Gasteiger partial charge in [-0.3, -0.25) is 9.36 Å². The summed E-state index contributed by atoms with van der Waals surface area (Å²) in [5.41, 5.74) is 1.39. The van der Waals surface area contributed by atoms with E-state index in [9.17, 15) is 13.6 Å². The lowest BCUT2D eigenvalue weighted by Crippen LogP contribution is -2.04. The van der Waals surface area contributed by atoms with E-state index in [1.807, 2.05) is 0 Å². The Morgan fingerprint density at radius 2 is 2.05 bits per heavy atom. The van der Waals surface area contributed by atoms with Crippen LogP contribution < -0.4 is 4.74 Å². The summed E-state index contributed by atoms with van der Waals surface area (Å²) < 4.78 is 29.8. The molecule has 4 nitrogen and oxygen atoms in total. The highest BCUT2D eigenvalue weighted by molar-refractivity contribution is 8.00. The number of fused-ring (bicyclic) bond motifs is 1. The largest absolute Gasteiger partial charge is 0.435 e. The van der Waals surface area contributed by atoms with Gasteiger partial charge < -0.3 is 4.74 Å². The molecule has 0 N–H and O–H groups in total. The van der Waals surface area contributed by atoms with E-state index in [0.29, 0.717) is 16.6 Å². The van der Waals surface area contributed by atoms with Crippen LogP contribution in [0, 0.1) is 0 Å². The number of imidazole rings is 1. The van der Waals surface area contributed by atoms with Gasteiger partial charge in [0.2, 0.25) is 5.91 Å². The molecule has 0 amide bonds. The van der Waals surface area contributed by atoms with Crippen molar-refractivity contribution in [3.63, 3.8) is 0 Å². The van der Waals surface area contributed by atoms with Crippen molar-refractivity contribution in [1.82, 2.24) is 9.55 Å². The highest BCUT2D eigenvalue weighted by Gasteiger charge is 2.22. The van der Waals surface area contributed by atoms with Crippen LogP contribution in [0.3, 0.4) is 0 Å². The second-order valence-corrected chi connectivity index (χ2v) is 4.81. The molecule has 0 spiro atoms. The van der Waals surface area contributed by atoms with E-state index in [1.54, 1.807) is 18.3 Å². The summed E-state index contributed by atoms with van der Waals surface area (Å²) >= 11 is 1.38. The number of hydrogen-bond donors (Lipinski definition) is 0. The van der Waals surface area contributed by atoms with E-state index in [0.717, 1.165) is 5.56 Å². The molecule has 1 aliphatic rings. The number of ether oxygens (including phenoxy) is 1. The fourth-order valence-corrected chi connectivity index (χ4v) is 2.63. The van der Waals surface area contributed by atoms with Gasteiger partial charge in [-0.1, -0.05) is 11.8 Å². The second-order valence-electron chi connectivity index (χ2n) is 3.86. The van der Waals surface area contributed by atoms with Crippen molar-refractivity contribution in [3.8, 4) is 17.0 Å². The van der Waals surface area contributed by atoms with Gasteiger partial charge in [0.1, 0.15) is 5.75 Å². The standard InChI is InChI=1S/C12H8F2N2O2S/c13-11(14)18-8-3-1-7(2-4-8)9-5-16-10(17)6-19-12(16)15-9/h1-5,11H,6H2. The fourth-order valence-electron chi connectivity index (χ4n) is 1.79. The third-order valence-corrected chi connectivity index (χ3v) is 3.58. The van der Waals surface area contributed by atoms with Crippen LogP contribution in [0.15, 0.2) is 35.6 Å². The fraction of sp³-hybridized carbons (Fsp3) is 0.167. The normalized spacial score (nSPS) is 13.9. The van der Waals surface area contributed by atoms with E-state index in [4.69, 9.17) is 0 Å². The zero-order chi connectivity index (χ0) is 13.4. The molecule has 0 radical (unpaired) electrons. The lowest BCUT2D eigenvalue weighted by molar-refractivity contribution is -0.0498. The molecule has 3 rings (SSSR count). The number of benzene rings is 1. The third-order valence-electron chi connectivity index (χ3n) is 2.64. The number of carbonyl (C=O) groups is 1. The third kappa shape index (κ3) is 2.33. The van der Waals surface area contributed by atoms with Crippen LogP contribution in [0.4, 0.5) is 8.78 Å². The van der Waals surface area contributed by atoms with Crippen molar-refractivity contribution >= 4 is 17.7 Å².